The number of hydrogen-bond acceptors (Lipinski definition) is 5. The van der Waals surface area contributed by atoms with Crippen molar-refractivity contribution < 1.29 is 9.47 Å². The molecule has 2 fully saturated rings. The molecule has 1 aromatic rings. The highest BCUT2D eigenvalue weighted by molar-refractivity contribution is 14.0. The molecule has 1 aliphatic heterocycles. The number of rotatable bonds is 8. The van der Waals surface area contributed by atoms with Gasteiger partial charge in [-0.15, -0.1) is 34.2 Å². The molecular formula is C19H35IN6O2. The van der Waals surface area contributed by atoms with E-state index in [4.69, 9.17) is 14.5 Å². The van der Waals surface area contributed by atoms with Crippen molar-refractivity contribution in [2.75, 3.05) is 26.4 Å². The van der Waals surface area contributed by atoms with E-state index in [9.17, 15) is 0 Å². The van der Waals surface area contributed by atoms with Crippen molar-refractivity contribution in [1.29, 1.82) is 0 Å². The lowest BCUT2D eigenvalue weighted by molar-refractivity contribution is 0.0420. The number of nitrogens with zero attached hydrogens (tertiary/aromatic N) is 4. The summed E-state index contributed by atoms with van der Waals surface area (Å²) in [7, 11) is 1.98. The molecule has 160 valence electrons. The Morgan fingerprint density at radius 3 is 2.75 bits per heavy atom. The summed E-state index contributed by atoms with van der Waals surface area (Å²) in [6.45, 7) is 5.63. The first-order valence-electron chi connectivity index (χ1n) is 10.3. The minimum atomic E-state index is 0. The van der Waals surface area contributed by atoms with Crippen LogP contribution in [-0.2, 0) is 23.1 Å². The number of ether oxygens (including phenoxy) is 2. The Balaban J connectivity index is 0.00000280. The van der Waals surface area contributed by atoms with Gasteiger partial charge in [0.15, 0.2) is 11.8 Å². The second-order valence-electron chi connectivity index (χ2n) is 7.50. The smallest absolute Gasteiger partial charge is 0.191 e. The van der Waals surface area contributed by atoms with Crippen LogP contribution in [0.25, 0.3) is 0 Å². The first kappa shape index (κ1) is 23.3. The Labute approximate surface area is 185 Å². The predicted octanol–water partition coefficient (Wildman–Crippen LogP) is 2.31. The van der Waals surface area contributed by atoms with Crippen LogP contribution in [0.5, 0.6) is 0 Å². The molecule has 1 atom stereocenters. The van der Waals surface area contributed by atoms with E-state index in [2.05, 4.69) is 20.8 Å². The van der Waals surface area contributed by atoms with E-state index >= 15 is 0 Å². The van der Waals surface area contributed by atoms with E-state index in [1.807, 2.05) is 18.5 Å². The Morgan fingerprint density at radius 2 is 2.07 bits per heavy atom. The number of nitrogens with one attached hydrogen (secondary N) is 2. The molecule has 1 aliphatic carbocycles. The van der Waals surface area contributed by atoms with Crippen LogP contribution in [0, 0.1) is 6.92 Å². The van der Waals surface area contributed by atoms with Crippen molar-refractivity contribution >= 4 is 29.9 Å². The molecule has 1 unspecified atom stereocenters. The van der Waals surface area contributed by atoms with Crippen molar-refractivity contribution in [2.45, 2.75) is 70.6 Å². The Hall–Kier alpha value is -0.940. The zero-order chi connectivity index (χ0) is 18.9. The van der Waals surface area contributed by atoms with E-state index in [0.29, 0.717) is 12.6 Å². The van der Waals surface area contributed by atoms with Crippen LogP contribution in [0.2, 0.25) is 0 Å². The molecule has 1 saturated carbocycles. The Kier molecular flexibility index (Phi) is 10.5. The van der Waals surface area contributed by atoms with Crippen LogP contribution in [0.3, 0.4) is 0 Å². The lowest BCUT2D eigenvalue weighted by Crippen LogP contribution is -2.44. The topological polar surface area (TPSA) is 85.6 Å². The number of halogens is 1. The van der Waals surface area contributed by atoms with Crippen LogP contribution < -0.4 is 10.6 Å². The zero-order valence-corrected chi connectivity index (χ0v) is 19.5. The predicted molar refractivity (Wildman–Crippen MR) is 120 cm³/mol. The average molecular weight is 506 g/mol. The molecule has 9 heteroatoms. The summed E-state index contributed by atoms with van der Waals surface area (Å²) in [5.41, 5.74) is 0. The largest absolute Gasteiger partial charge is 0.379 e. The van der Waals surface area contributed by atoms with Crippen molar-refractivity contribution in [3.8, 4) is 0 Å². The van der Waals surface area contributed by atoms with Gasteiger partial charge in [0.05, 0.1) is 12.7 Å². The van der Waals surface area contributed by atoms with Gasteiger partial charge in [-0.25, -0.2) is 4.99 Å². The van der Waals surface area contributed by atoms with Crippen LogP contribution in [-0.4, -0.2) is 59.2 Å². The van der Waals surface area contributed by atoms with Crippen molar-refractivity contribution in [3.63, 3.8) is 0 Å². The summed E-state index contributed by atoms with van der Waals surface area (Å²) >= 11 is 0. The van der Waals surface area contributed by atoms with E-state index < -0.39 is 0 Å². The molecule has 2 heterocycles. The molecule has 0 spiro atoms. The number of hydrogen-bond donors (Lipinski definition) is 2. The fourth-order valence-electron chi connectivity index (χ4n) is 3.50. The molecular weight excluding hydrogens is 471 g/mol. The van der Waals surface area contributed by atoms with Gasteiger partial charge >= 0.3 is 0 Å². The quantitative estimate of drug-likeness (QED) is 0.244. The van der Waals surface area contributed by atoms with Gasteiger partial charge in [-0.05, 0) is 32.6 Å². The maximum absolute atomic E-state index is 5.84. The summed E-state index contributed by atoms with van der Waals surface area (Å²) < 4.78 is 13.2. The van der Waals surface area contributed by atoms with Crippen molar-refractivity contribution in [3.05, 3.63) is 11.6 Å². The third-order valence-electron chi connectivity index (χ3n) is 5.36. The van der Waals surface area contributed by atoms with E-state index in [1.54, 1.807) is 0 Å². The fourth-order valence-corrected chi connectivity index (χ4v) is 3.50. The third-order valence-corrected chi connectivity index (χ3v) is 5.36. The maximum atomic E-state index is 5.84. The minimum Gasteiger partial charge on any atom is -0.379 e. The number of aromatic nitrogens is 3. The van der Waals surface area contributed by atoms with Gasteiger partial charge < -0.3 is 24.7 Å². The highest BCUT2D eigenvalue weighted by Crippen LogP contribution is 2.17. The summed E-state index contributed by atoms with van der Waals surface area (Å²) in [4.78, 5) is 4.75. The number of aliphatic imine (C=N–C) groups is 1. The van der Waals surface area contributed by atoms with Crippen molar-refractivity contribution in [1.82, 2.24) is 25.4 Å². The third kappa shape index (κ3) is 7.47. The van der Waals surface area contributed by atoms with Crippen LogP contribution in [0.15, 0.2) is 4.99 Å². The first-order valence-corrected chi connectivity index (χ1v) is 10.3. The molecule has 1 aromatic heterocycles. The minimum absolute atomic E-state index is 0. The summed E-state index contributed by atoms with van der Waals surface area (Å²) in [5, 5.41) is 15.4. The van der Waals surface area contributed by atoms with Gasteiger partial charge in [0.1, 0.15) is 12.4 Å². The van der Waals surface area contributed by atoms with Crippen molar-refractivity contribution in [2.24, 2.45) is 12.0 Å². The number of aryl methyl sites for hydroxylation is 1. The fraction of sp³-hybridized carbons (Fsp3) is 0.842. The molecule has 0 radical (unpaired) electrons. The van der Waals surface area contributed by atoms with E-state index in [0.717, 1.165) is 56.8 Å². The molecule has 2 N–H and O–H groups in total. The average Bonchev–Trinajstić information content (AvgIpc) is 3.31. The monoisotopic (exact) mass is 506 g/mol. The second-order valence-corrected chi connectivity index (χ2v) is 7.50. The summed E-state index contributed by atoms with van der Waals surface area (Å²) in [6.07, 6.45) is 8.61. The molecule has 2 aliphatic rings. The molecule has 0 aromatic carbocycles. The van der Waals surface area contributed by atoms with Gasteiger partial charge in [0.2, 0.25) is 0 Å². The first-order chi connectivity index (χ1) is 13.2. The van der Waals surface area contributed by atoms with Crippen LogP contribution in [0.1, 0.15) is 56.6 Å². The molecule has 28 heavy (non-hydrogen) atoms. The molecule has 0 amide bonds. The normalized spacial score (nSPS) is 20.8. The zero-order valence-electron chi connectivity index (χ0n) is 17.2. The lowest BCUT2D eigenvalue weighted by atomic mass is 9.96. The van der Waals surface area contributed by atoms with Crippen LogP contribution in [0.4, 0.5) is 0 Å². The van der Waals surface area contributed by atoms with Gasteiger partial charge in [0, 0.05) is 32.8 Å². The van der Waals surface area contributed by atoms with Gasteiger partial charge in [0.25, 0.3) is 0 Å². The summed E-state index contributed by atoms with van der Waals surface area (Å²) in [6, 6.07) is 0.512. The van der Waals surface area contributed by atoms with Gasteiger partial charge in [-0.2, -0.15) is 0 Å². The Morgan fingerprint density at radius 1 is 1.25 bits per heavy atom. The molecule has 1 saturated heterocycles. The molecule has 8 nitrogen and oxygen atoms in total. The van der Waals surface area contributed by atoms with Crippen LogP contribution >= 0.6 is 24.0 Å². The highest BCUT2D eigenvalue weighted by Gasteiger charge is 2.16. The number of guanidine groups is 1. The molecule has 0 bridgehead atoms. The maximum Gasteiger partial charge on any atom is 0.191 e. The van der Waals surface area contributed by atoms with E-state index in [-0.39, 0.29) is 30.1 Å². The standard InChI is InChI=1S/C19H34N6O2.HI/c1-15-23-24-18(25(15)2)13-21-19(22-16-7-4-3-5-8-16)20-10-6-11-27-17-9-12-26-14-17;/h16-17H,3-14H2,1-2H3,(H2,20,21,22);1H. The van der Waals surface area contributed by atoms with E-state index in [1.165, 1.54) is 32.1 Å². The van der Waals surface area contributed by atoms with Gasteiger partial charge in [-0.3, -0.25) is 0 Å². The summed E-state index contributed by atoms with van der Waals surface area (Å²) in [5.74, 6) is 2.65. The van der Waals surface area contributed by atoms with Gasteiger partial charge in [-0.1, -0.05) is 19.3 Å². The SMILES string of the molecule is Cc1nnc(CN=C(NCCCOC2CCOC2)NC2CCCCC2)n1C.I. The Bertz CT molecular complexity index is 597. The highest BCUT2D eigenvalue weighted by atomic mass is 127. The molecule has 3 rings (SSSR count). The lowest BCUT2D eigenvalue weighted by Gasteiger charge is -2.25. The second kappa shape index (κ2) is 12.6.